The first kappa shape index (κ1) is 12.6. The predicted octanol–water partition coefficient (Wildman–Crippen LogP) is 1.55. The van der Waals surface area contributed by atoms with Gasteiger partial charge in [0.05, 0.1) is 25.9 Å². The molecule has 1 aliphatic rings. The minimum atomic E-state index is 0.0880. The molecule has 1 atom stereocenters. The van der Waals surface area contributed by atoms with Crippen molar-refractivity contribution in [2.75, 3.05) is 26.4 Å². The summed E-state index contributed by atoms with van der Waals surface area (Å²) >= 11 is 5.86. The molecule has 17 heavy (non-hydrogen) atoms. The molecule has 0 aromatic heterocycles. The van der Waals surface area contributed by atoms with Gasteiger partial charge in [0.15, 0.2) is 0 Å². The summed E-state index contributed by atoms with van der Waals surface area (Å²) < 4.78 is 10.8. The van der Waals surface area contributed by atoms with Crippen LogP contribution in [0, 0.1) is 0 Å². The van der Waals surface area contributed by atoms with Gasteiger partial charge in [-0.2, -0.15) is 0 Å². The topological polar surface area (TPSA) is 50.7 Å². The Bertz CT molecular complexity index is 367. The number of hydrogen-bond donors (Lipinski definition) is 2. The molecule has 0 saturated carbocycles. The molecule has 1 saturated heterocycles. The van der Waals surface area contributed by atoms with E-state index in [-0.39, 0.29) is 11.9 Å². The van der Waals surface area contributed by atoms with Gasteiger partial charge in [0.25, 0.3) is 0 Å². The largest absolute Gasteiger partial charge is 0.508 e. The van der Waals surface area contributed by atoms with Gasteiger partial charge >= 0.3 is 0 Å². The molecule has 1 aromatic rings. The van der Waals surface area contributed by atoms with Crippen molar-refractivity contribution in [3.8, 4) is 5.75 Å². The molecular formula is C12H16ClNO3. The van der Waals surface area contributed by atoms with Crippen LogP contribution in [0.2, 0.25) is 5.02 Å². The van der Waals surface area contributed by atoms with E-state index in [0.717, 1.165) is 5.56 Å². The van der Waals surface area contributed by atoms with Crippen LogP contribution in [-0.2, 0) is 16.0 Å². The lowest BCUT2D eigenvalue weighted by atomic mass is 10.2. The first-order valence-electron chi connectivity index (χ1n) is 5.63. The van der Waals surface area contributed by atoms with Crippen molar-refractivity contribution in [1.82, 2.24) is 5.32 Å². The summed E-state index contributed by atoms with van der Waals surface area (Å²) in [5.41, 5.74) is 0.786. The molecule has 2 rings (SSSR count). The van der Waals surface area contributed by atoms with E-state index in [1.165, 1.54) is 0 Å². The number of phenolic OH excluding ortho intramolecular Hbond substituents is 1. The van der Waals surface area contributed by atoms with Crippen molar-refractivity contribution in [2.24, 2.45) is 0 Å². The highest BCUT2D eigenvalue weighted by atomic mass is 35.5. The molecule has 0 radical (unpaired) electrons. The van der Waals surface area contributed by atoms with Gasteiger partial charge in [-0.25, -0.2) is 0 Å². The first-order valence-corrected chi connectivity index (χ1v) is 6.01. The van der Waals surface area contributed by atoms with Crippen molar-refractivity contribution in [1.29, 1.82) is 0 Å². The van der Waals surface area contributed by atoms with Crippen LogP contribution in [0.4, 0.5) is 0 Å². The lowest BCUT2D eigenvalue weighted by Crippen LogP contribution is -2.37. The zero-order valence-electron chi connectivity index (χ0n) is 9.49. The smallest absolute Gasteiger partial charge is 0.120 e. The molecular weight excluding hydrogens is 242 g/mol. The molecule has 1 unspecified atom stereocenters. The summed E-state index contributed by atoms with van der Waals surface area (Å²) in [5, 5.41) is 13.5. The summed E-state index contributed by atoms with van der Waals surface area (Å²) in [6, 6.07) is 5.01. The Morgan fingerprint density at radius 2 is 2.29 bits per heavy atom. The Hall–Kier alpha value is -0.810. The second kappa shape index (κ2) is 6.21. The Morgan fingerprint density at radius 1 is 1.41 bits per heavy atom. The van der Waals surface area contributed by atoms with Gasteiger partial charge in [0.1, 0.15) is 5.75 Å². The zero-order chi connectivity index (χ0) is 12.1. The highest BCUT2D eigenvalue weighted by Crippen LogP contribution is 2.21. The van der Waals surface area contributed by atoms with Crippen LogP contribution < -0.4 is 5.32 Å². The first-order chi connectivity index (χ1) is 8.25. The van der Waals surface area contributed by atoms with Gasteiger partial charge < -0.3 is 19.9 Å². The van der Waals surface area contributed by atoms with Gasteiger partial charge in [-0.1, -0.05) is 11.6 Å². The summed E-state index contributed by atoms with van der Waals surface area (Å²) in [5.74, 6) is 0.253. The van der Waals surface area contributed by atoms with E-state index in [2.05, 4.69) is 5.32 Å². The molecule has 1 aromatic carbocycles. The van der Waals surface area contributed by atoms with Crippen molar-refractivity contribution in [3.05, 3.63) is 28.8 Å². The fourth-order valence-electron chi connectivity index (χ4n) is 1.72. The fourth-order valence-corrected chi connectivity index (χ4v) is 1.91. The van der Waals surface area contributed by atoms with Crippen LogP contribution in [0.1, 0.15) is 5.56 Å². The number of ether oxygens (including phenoxy) is 2. The average Bonchev–Trinajstić information content (AvgIpc) is 2.35. The maximum atomic E-state index is 9.62. The van der Waals surface area contributed by atoms with Crippen molar-refractivity contribution >= 4 is 11.6 Å². The molecule has 0 bridgehead atoms. The minimum Gasteiger partial charge on any atom is -0.508 e. The lowest BCUT2D eigenvalue weighted by molar-refractivity contribution is -0.0864. The number of hydrogen-bond acceptors (Lipinski definition) is 4. The van der Waals surface area contributed by atoms with Gasteiger partial charge in [0.2, 0.25) is 0 Å². The molecule has 1 fully saturated rings. The third-order valence-electron chi connectivity index (χ3n) is 2.61. The molecule has 5 heteroatoms. The number of phenols is 1. The number of benzene rings is 1. The van der Waals surface area contributed by atoms with Crippen molar-refractivity contribution in [2.45, 2.75) is 12.6 Å². The summed E-state index contributed by atoms with van der Waals surface area (Å²) in [6.07, 6.45) is 0.0880. The van der Waals surface area contributed by atoms with Crippen LogP contribution in [0.3, 0.4) is 0 Å². The van der Waals surface area contributed by atoms with Crippen LogP contribution in [0.5, 0.6) is 5.75 Å². The van der Waals surface area contributed by atoms with Crippen LogP contribution >= 0.6 is 11.6 Å². The van der Waals surface area contributed by atoms with Gasteiger partial charge in [-0.05, 0) is 18.2 Å². The summed E-state index contributed by atoms with van der Waals surface area (Å²) in [4.78, 5) is 0. The molecule has 1 aliphatic heterocycles. The van der Waals surface area contributed by atoms with Gasteiger partial charge in [-0.3, -0.25) is 0 Å². The Kier molecular flexibility index (Phi) is 4.62. The monoisotopic (exact) mass is 257 g/mol. The van der Waals surface area contributed by atoms with E-state index in [0.29, 0.717) is 37.9 Å². The van der Waals surface area contributed by atoms with E-state index < -0.39 is 0 Å². The Morgan fingerprint density at radius 3 is 3.06 bits per heavy atom. The Labute approximate surface area is 105 Å². The van der Waals surface area contributed by atoms with E-state index in [1.54, 1.807) is 18.2 Å². The molecule has 0 aliphatic carbocycles. The molecule has 4 nitrogen and oxygen atoms in total. The second-order valence-corrected chi connectivity index (χ2v) is 4.41. The Balaban J connectivity index is 1.79. The highest BCUT2D eigenvalue weighted by molar-refractivity contribution is 6.30. The number of aromatic hydroxyl groups is 1. The number of halogens is 1. The fraction of sp³-hybridized carbons (Fsp3) is 0.500. The molecule has 2 N–H and O–H groups in total. The third kappa shape index (κ3) is 3.85. The van der Waals surface area contributed by atoms with Crippen molar-refractivity contribution in [3.63, 3.8) is 0 Å². The number of rotatable bonds is 4. The summed E-state index contributed by atoms with van der Waals surface area (Å²) in [7, 11) is 0. The third-order valence-corrected chi connectivity index (χ3v) is 2.85. The predicted molar refractivity (Wildman–Crippen MR) is 65.4 cm³/mol. The van der Waals surface area contributed by atoms with E-state index in [9.17, 15) is 5.11 Å². The van der Waals surface area contributed by atoms with Crippen molar-refractivity contribution < 1.29 is 14.6 Å². The van der Waals surface area contributed by atoms with Crippen LogP contribution in [-0.4, -0.2) is 37.6 Å². The second-order valence-electron chi connectivity index (χ2n) is 3.97. The minimum absolute atomic E-state index is 0.0880. The molecule has 0 amide bonds. The van der Waals surface area contributed by atoms with E-state index in [4.69, 9.17) is 21.1 Å². The quantitative estimate of drug-likeness (QED) is 0.859. The maximum Gasteiger partial charge on any atom is 0.120 e. The standard InChI is InChI=1S/C12H16ClNO3/c13-10-1-2-12(15)9(5-10)6-14-7-11-8-16-3-4-17-11/h1-2,5,11,14-15H,3-4,6-8H2. The van der Waals surface area contributed by atoms with Crippen LogP contribution in [0.15, 0.2) is 18.2 Å². The molecule has 0 spiro atoms. The SMILES string of the molecule is Oc1ccc(Cl)cc1CNCC1COCCO1. The normalized spacial score (nSPS) is 20.4. The average molecular weight is 258 g/mol. The lowest BCUT2D eigenvalue weighted by Gasteiger charge is -2.23. The zero-order valence-corrected chi connectivity index (χ0v) is 10.2. The summed E-state index contributed by atoms with van der Waals surface area (Å²) in [6.45, 7) is 3.20. The van der Waals surface area contributed by atoms with Crippen LogP contribution in [0.25, 0.3) is 0 Å². The van der Waals surface area contributed by atoms with E-state index in [1.807, 2.05) is 0 Å². The number of nitrogens with one attached hydrogen (secondary N) is 1. The molecule has 1 heterocycles. The maximum absolute atomic E-state index is 9.62. The highest BCUT2D eigenvalue weighted by Gasteiger charge is 2.13. The van der Waals surface area contributed by atoms with Gasteiger partial charge in [0, 0.05) is 23.7 Å². The molecule has 94 valence electrons. The van der Waals surface area contributed by atoms with Gasteiger partial charge in [-0.15, -0.1) is 0 Å². The van der Waals surface area contributed by atoms with E-state index >= 15 is 0 Å².